The Morgan fingerprint density at radius 2 is 1.67 bits per heavy atom. The second-order valence-electron chi connectivity index (χ2n) is 8.15. The molecule has 1 aromatic heterocycles. The number of aryl methyl sites for hydroxylation is 1. The Kier molecular flexibility index (Phi) is 5.89. The van der Waals surface area contributed by atoms with Crippen molar-refractivity contribution < 1.29 is 4.74 Å². The second-order valence-corrected chi connectivity index (χ2v) is 8.15. The van der Waals surface area contributed by atoms with Crippen LogP contribution < -0.4 is 4.74 Å². The molecule has 30 heavy (non-hydrogen) atoms. The Bertz CT molecular complexity index is 1130. The zero-order chi connectivity index (χ0) is 21.1. The molecule has 0 spiro atoms. The van der Waals surface area contributed by atoms with Crippen molar-refractivity contribution in [3.05, 3.63) is 83.4 Å². The number of fused-ring (bicyclic) bond motifs is 1. The summed E-state index contributed by atoms with van der Waals surface area (Å²) in [6, 6.07) is 23.7. The van der Waals surface area contributed by atoms with Crippen LogP contribution in [0, 0.1) is 0 Å². The van der Waals surface area contributed by atoms with Crippen LogP contribution in [0.4, 0.5) is 0 Å². The maximum Gasteiger partial charge on any atom is 0.144 e. The van der Waals surface area contributed by atoms with Crippen molar-refractivity contribution in [1.29, 1.82) is 0 Å². The first-order valence-corrected chi connectivity index (χ1v) is 10.8. The van der Waals surface area contributed by atoms with Crippen molar-refractivity contribution in [3.63, 3.8) is 0 Å². The first-order valence-electron chi connectivity index (χ1n) is 10.8. The van der Waals surface area contributed by atoms with Crippen molar-refractivity contribution in [1.82, 2.24) is 9.55 Å². The number of hydrogen-bond donors (Lipinski definition) is 0. The standard InChI is InChI=1S/C27H30N2O/c1-5-17-29-26-24(30-4)16-15-23(18-20-9-7-6-8-10-20)25(26)28-27(29)22-13-11-21(12-14-22)19(2)3/h6-16,19H,5,17-18H2,1-4H3. The van der Waals surface area contributed by atoms with Crippen LogP contribution in [0.5, 0.6) is 5.75 Å². The summed E-state index contributed by atoms with van der Waals surface area (Å²) in [5.41, 5.74) is 7.14. The van der Waals surface area contributed by atoms with Gasteiger partial charge >= 0.3 is 0 Å². The van der Waals surface area contributed by atoms with Crippen LogP contribution in [-0.2, 0) is 13.0 Å². The number of hydrogen-bond acceptors (Lipinski definition) is 2. The van der Waals surface area contributed by atoms with E-state index >= 15 is 0 Å². The number of nitrogens with zero attached hydrogens (tertiary/aromatic N) is 2. The molecule has 0 bridgehead atoms. The largest absolute Gasteiger partial charge is 0.494 e. The molecule has 0 atom stereocenters. The average molecular weight is 399 g/mol. The first-order chi connectivity index (χ1) is 14.6. The fourth-order valence-corrected chi connectivity index (χ4v) is 4.06. The van der Waals surface area contributed by atoms with Crippen LogP contribution in [-0.4, -0.2) is 16.7 Å². The van der Waals surface area contributed by atoms with Crippen LogP contribution in [0.3, 0.4) is 0 Å². The SMILES string of the molecule is CCCn1c(-c2ccc(C(C)C)cc2)nc2c(Cc3ccccc3)ccc(OC)c21. The summed E-state index contributed by atoms with van der Waals surface area (Å²) >= 11 is 0. The molecule has 0 saturated heterocycles. The van der Waals surface area contributed by atoms with Crippen molar-refractivity contribution in [3.8, 4) is 17.1 Å². The van der Waals surface area contributed by atoms with Crippen molar-refractivity contribution in [2.75, 3.05) is 7.11 Å². The van der Waals surface area contributed by atoms with Gasteiger partial charge < -0.3 is 9.30 Å². The van der Waals surface area contributed by atoms with E-state index in [4.69, 9.17) is 9.72 Å². The molecule has 1 heterocycles. The van der Waals surface area contributed by atoms with Crippen molar-refractivity contribution in [2.24, 2.45) is 0 Å². The van der Waals surface area contributed by atoms with E-state index in [1.54, 1.807) is 7.11 Å². The van der Waals surface area contributed by atoms with Crippen LogP contribution >= 0.6 is 0 Å². The van der Waals surface area contributed by atoms with E-state index in [9.17, 15) is 0 Å². The third kappa shape index (κ3) is 3.85. The van der Waals surface area contributed by atoms with Gasteiger partial charge in [0.05, 0.1) is 12.6 Å². The number of ether oxygens (including phenoxy) is 1. The van der Waals surface area contributed by atoms with Gasteiger partial charge in [-0.3, -0.25) is 0 Å². The third-order valence-electron chi connectivity index (χ3n) is 5.68. The van der Waals surface area contributed by atoms with E-state index in [-0.39, 0.29) is 0 Å². The number of methoxy groups -OCH3 is 1. The van der Waals surface area contributed by atoms with Crippen LogP contribution in [0.15, 0.2) is 66.7 Å². The fourth-order valence-electron chi connectivity index (χ4n) is 4.06. The van der Waals surface area contributed by atoms with Gasteiger partial charge in [0, 0.05) is 12.1 Å². The maximum atomic E-state index is 5.76. The van der Waals surface area contributed by atoms with E-state index in [1.165, 1.54) is 16.7 Å². The van der Waals surface area contributed by atoms with Gasteiger partial charge in [-0.25, -0.2) is 4.98 Å². The summed E-state index contributed by atoms with van der Waals surface area (Å²) < 4.78 is 8.09. The lowest BCUT2D eigenvalue weighted by molar-refractivity contribution is 0.417. The lowest BCUT2D eigenvalue weighted by Crippen LogP contribution is -2.01. The molecular formula is C27H30N2O. The van der Waals surface area contributed by atoms with E-state index in [0.717, 1.165) is 47.6 Å². The van der Waals surface area contributed by atoms with E-state index < -0.39 is 0 Å². The highest BCUT2D eigenvalue weighted by atomic mass is 16.5. The fraction of sp³-hybridized carbons (Fsp3) is 0.296. The topological polar surface area (TPSA) is 27.1 Å². The Morgan fingerprint density at radius 1 is 0.933 bits per heavy atom. The molecule has 0 amide bonds. The van der Waals surface area contributed by atoms with Crippen LogP contribution in [0.2, 0.25) is 0 Å². The highest BCUT2D eigenvalue weighted by Crippen LogP contribution is 2.34. The summed E-state index contributed by atoms with van der Waals surface area (Å²) in [7, 11) is 1.74. The van der Waals surface area contributed by atoms with E-state index in [1.807, 2.05) is 0 Å². The van der Waals surface area contributed by atoms with Gasteiger partial charge in [0.25, 0.3) is 0 Å². The molecule has 154 valence electrons. The lowest BCUT2D eigenvalue weighted by Gasteiger charge is -2.12. The Balaban J connectivity index is 1.89. The highest BCUT2D eigenvalue weighted by Gasteiger charge is 2.19. The molecule has 0 N–H and O–H groups in total. The normalized spacial score (nSPS) is 11.4. The molecule has 0 saturated carbocycles. The maximum absolute atomic E-state index is 5.76. The average Bonchev–Trinajstić information content (AvgIpc) is 3.15. The summed E-state index contributed by atoms with van der Waals surface area (Å²) in [5, 5.41) is 0. The van der Waals surface area contributed by atoms with E-state index in [2.05, 4.69) is 92.1 Å². The van der Waals surface area contributed by atoms with Crippen LogP contribution in [0.25, 0.3) is 22.4 Å². The molecule has 0 aliphatic heterocycles. The van der Waals surface area contributed by atoms with Gasteiger partial charge in [-0.1, -0.05) is 81.4 Å². The molecule has 0 aliphatic carbocycles. The summed E-state index contributed by atoms with van der Waals surface area (Å²) in [4.78, 5) is 5.16. The quantitative estimate of drug-likeness (QED) is 0.341. The zero-order valence-corrected chi connectivity index (χ0v) is 18.4. The third-order valence-corrected chi connectivity index (χ3v) is 5.68. The number of rotatable bonds is 7. The summed E-state index contributed by atoms with van der Waals surface area (Å²) in [6.45, 7) is 7.56. The predicted molar refractivity (Wildman–Crippen MR) is 125 cm³/mol. The minimum Gasteiger partial charge on any atom is -0.494 e. The summed E-state index contributed by atoms with van der Waals surface area (Å²) in [6.07, 6.45) is 1.89. The highest BCUT2D eigenvalue weighted by molar-refractivity contribution is 5.89. The first kappa shape index (κ1) is 20.2. The van der Waals surface area contributed by atoms with Crippen LogP contribution in [0.1, 0.15) is 49.8 Å². The molecule has 3 aromatic carbocycles. The molecule has 3 heteroatoms. The zero-order valence-electron chi connectivity index (χ0n) is 18.4. The number of aromatic nitrogens is 2. The Hall–Kier alpha value is -3.07. The van der Waals surface area contributed by atoms with Gasteiger partial charge in [-0.05, 0) is 41.5 Å². The van der Waals surface area contributed by atoms with Crippen molar-refractivity contribution in [2.45, 2.75) is 46.1 Å². The summed E-state index contributed by atoms with van der Waals surface area (Å²) in [5.74, 6) is 2.42. The molecular weight excluding hydrogens is 368 g/mol. The molecule has 0 radical (unpaired) electrons. The van der Waals surface area contributed by atoms with Gasteiger partial charge in [0.15, 0.2) is 0 Å². The lowest BCUT2D eigenvalue weighted by atomic mass is 10.0. The minimum absolute atomic E-state index is 0.520. The van der Waals surface area contributed by atoms with Gasteiger partial charge in [-0.15, -0.1) is 0 Å². The predicted octanol–water partition coefficient (Wildman–Crippen LogP) is 6.84. The second kappa shape index (κ2) is 8.74. The smallest absolute Gasteiger partial charge is 0.144 e. The number of imidazole rings is 1. The van der Waals surface area contributed by atoms with Gasteiger partial charge in [0.2, 0.25) is 0 Å². The molecule has 0 aliphatic rings. The van der Waals surface area contributed by atoms with E-state index in [0.29, 0.717) is 5.92 Å². The molecule has 4 aromatic rings. The Labute approximate surface area is 179 Å². The van der Waals surface area contributed by atoms with Crippen molar-refractivity contribution >= 4 is 11.0 Å². The Morgan fingerprint density at radius 3 is 2.30 bits per heavy atom. The monoisotopic (exact) mass is 398 g/mol. The molecule has 0 fully saturated rings. The molecule has 0 unspecified atom stereocenters. The molecule has 4 rings (SSSR count). The number of benzene rings is 3. The molecule has 3 nitrogen and oxygen atoms in total. The minimum atomic E-state index is 0.520. The van der Waals surface area contributed by atoms with Gasteiger partial charge in [-0.2, -0.15) is 0 Å². The van der Waals surface area contributed by atoms with Gasteiger partial charge in [0.1, 0.15) is 17.1 Å².